The Morgan fingerprint density at radius 2 is 2.07 bits per heavy atom. The molecule has 1 heterocycles. The highest BCUT2D eigenvalue weighted by Gasteiger charge is 2.43. The van der Waals surface area contributed by atoms with Crippen LogP contribution in [0.4, 0.5) is 0 Å². The van der Waals surface area contributed by atoms with Gasteiger partial charge in [-0.2, -0.15) is 24.4 Å². The van der Waals surface area contributed by atoms with Crippen LogP contribution in [0.3, 0.4) is 0 Å². The fraction of sp³-hybridized carbons (Fsp3) is 0.909. The normalized spacial score (nSPS) is 24.9. The zero-order valence-electron chi connectivity index (χ0n) is 9.00. The highest BCUT2D eigenvalue weighted by molar-refractivity contribution is 7.99. The van der Waals surface area contributed by atoms with Crippen molar-refractivity contribution < 1.29 is 4.79 Å². The molecule has 1 amide bonds. The van der Waals surface area contributed by atoms with E-state index in [1.165, 1.54) is 24.3 Å². The average molecular weight is 245 g/mol. The first-order valence-corrected chi connectivity index (χ1v) is 7.51. The third kappa shape index (κ3) is 3.31. The van der Waals surface area contributed by atoms with Gasteiger partial charge in [-0.15, -0.1) is 0 Å². The molecule has 1 saturated carbocycles. The number of carbonyl (C=O) groups excluding carboxylic acids is 1. The van der Waals surface area contributed by atoms with Gasteiger partial charge in [0.1, 0.15) is 0 Å². The first-order chi connectivity index (χ1) is 7.24. The Labute approximate surface area is 101 Å². The second-order valence-corrected chi connectivity index (χ2v) is 6.33. The van der Waals surface area contributed by atoms with Crippen LogP contribution in [0.1, 0.15) is 32.1 Å². The molecular formula is C11H19NOS2. The number of thioether (sulfide) groups is 1. The summed E-state index contributed by atoms with van der Waals surface area (Å²) in [5.74, 6) is 3.50. The van der Waals surface area contributed by atoms with Crippen molar-refractivity contribution in [3.05, 3.63) is 0 Å². The van der Waals surface area contributed by atoms with Crippen molar-refractivity contribution in [1.29, 1.82) is 0 Å². The first-order valence-electron chi connectivity index (χ1n) is 5.72. The summed E-state index contributed by atoms with van der Waals surface area (Å²) in [6.45, 7) is 0. The third-order valence-electron chi connectivity index (χ3n) is 3.41. The quantitative estimate of drug-likeness (QED) is 0.743. The fourth-order valence-electron chi connectivity index (χ4n) is 2.03. The predicted octanol–water partition coefficient (Wildman–Crippen LogP) is 2.10. The minimum Gasteiger partial charge on any atom is -0.353 e. The molecule has 0 atom stereocenters. The van der Waals surface area contributed by atoms with Crippen LogP contribution in [0.5, 0.6) is 0 Å². The molecule has 2 fully saturated rings. The van der Waals surface area contributed by atoms with Crippen molar-refractivity contribution >= 4 is 30.3 Å². The minimum absolute atomic E-state index is 0.249. The lowest BCUT2D eigenvalue weighted by atomic mass is 10.0. The van der Waals surface area contributed by atoms with E-state index in [0.717, 1.165) is 18.6 Å². The Hall–Kier alpha value is 0.170. The lowest BCUT2D eigenvalue weighted by Gasteiger charge is -2.23. The highest BCUT2D eigenvalue weighted by atomic mass is 32.2. The Balaban J connectivity index is 1.72. The van der Waals surface area contributed by atoms with Crippen LogP contribution >= 0.6 is 24.4 Å². The van der Waals surface area contributed by atoms with Crippen molar-refractivity contribution in [3.8, 4) is 0 Å². The van der Waals surface area contributed by atoms with Gasteiger partial charge in [-0.1, -0.05) is 0 Å². The zero-order valence-corrected chi connectivity index (χ0v) is 10.7. The second kappa shape index (κ2) is 5.00. The molecule has 0 aromatic carbocycles. The van der Waals surface area contributed by atoms with Gasteiger partial charge in [0, 0.05) is 12.5 Å². The molecule has 4 heteroatoms. The van der Waals surface area contributed by atoms with E-state index >= 15 is 0 Å². The van der Waals surface area contributed by atoms with Crippen molar-refractivity contribution in [2.24, 2.45) is 5.41 Å². The number of hydrogen-bond donors (Lipinski definition) is 2. The summed E-state index contributed by atoms with van der Waals surface area (Å²) < 4.78 is 0. The van der Waals surface area contributed by atoms with Crippen LogP contribution in [0, 0.1) is 5.41 Å². The fourth-order valence-corrected chi connectivity index (χ4v) is 3.56. The summed E-state index contributed by atoms with van der Waals surface area (Å²) in [4.78, 5) is 11.8. The van der Waals surface area contributed by atoms with Gasteiger partial charge in [0.05, 0.1) is 0 Å². The number of nitrogens with one attached hydrogen (secondary N) is 1. The summed E-state index contributed by atoms with van der Waals surface area (Å²) in [5, 5.41) is 3.16. The van der Waals surface area contributed by atoms with E-state index < -0.39 is 0 Å². The summed E-state index contributed by atoms with van der Waals surface area (Å²) in [6.07, 6.45) is 5.35. The summed E-state index contributed by atoms with van der Waals surface area (Å²) in [5.41, 5.74) is 0.261. The molecule has 15 heavy (non-hydrogen) atoms. The van der Waals surface area contributed by atoms with Gasteiger partial charge in [-0.25, -0.2) is 0 Å². The van der Waals surface area contributed by atoms with Crippen molar-refractivity contribution in [1.82, 2.24) is 5.32 Å². The van der Waals surface area contributed by atoms with Crippen LogP contribution in [0.25, 0.3) is 0 Å². The van der Waals surface area contributed by atoms with Gasteiger partial charge in [0.2, 0.25) is 5.91 Å². The molecule has 2 nitrogen and oxygen atoms in total. The first kappa shape index (κ1) is 11.6. The molecule has 1 saturated heterocycles. The van der Waals surface area contributed by atoms with Gasteiger partial charge < -0.3 is 5.32 Å². The summed E-state index contributed by atoms with van der Waals surface area (Å²) in [6, 6.07) is 0.439. The van der Waals surface area contributed by atoms with Gasteiger partial charge >= 0.3 is 0 Å². The number of amides is 1. The van der Waals surface area contributed by atoms with Gasteiger partial charge in [-0.05, 0) is 48.4 Å². The number of thiol groups is 1. The maximum absolute atomic E-state index is 11.8. The van der Waals surface area contributed by atoms with Crippen molar-refractivity contribution in [2.75, 3.05) is 17.3 Å². The molecule has 0 bridgehead atoms. The Morgan fingerprint density at radius 1 is 1.40 bits per heavy atom. The topological polar surface area (TPSA) is 29.1 Å². The lowest BCUT2D eigenvalue weighted by Crippen LogP contribution is -2.38. The molecule has 86 valence electrons. The van der Waals surface area contributed by atoms with Crippen molar-refractivity contribution in [3.63, 3.8) is 0 Å². The smallest absolute Gasteiger partial charge is 0.220 e. The van der Waals surface area contributed by atoms with Crippen LogP contribution in [0.15, 0.2) is 0 Å². The van der Waals surface area contributed by atoms with E-state index in [0.29, 0.717) is 12.5 Å². The molecule has 0 spiro atoms. The zero-order chi connectivity index (χ0) is 10.7. The van der Waals surface area contributed by atoms with E-state index in [-0.39, 0.29) is 11.3 Å². The SMILES string of the molecule is O=C(CC1(CS)CC1)NC1CCSCC1. The Morgan fingerprint density at radius 3 is 2.60 bits per heavy atom. The molecule has 0 radical (unpaired) electrons. The third-order valence-corrected chi connectivity index (χ3v) is 5.13. The minimum atomic E-state index is 0.249. The summed E-state index contributed by atoms with van der Waals surface area (Å²) in [7, 11) is 0. The predicted molar refractivity (Wildman–Crippen MR) is 68.6 cm³/mol. The largest absolute Gasteiger partial charge is 0.353 e. The maximum Gasteiger partial charge on any atom is 0.220 e. The molecule has 1 N–H and O–H groups in total. The summed E-state index contributed by atoms with van der Waals surface area (Å²) >= 11 is 6.31. The number of rotatable bonds is 4. The number of carbonyl (C=O) groups is 1. The molecule has 2 rings (SSSR count). The van der Waals surface area contributed by atoms with Crippen molar-refractivity contribution in [2.45, 2.75) is 38.1 Å². The van der Waals surface area contributed by atoms with Crippen LogP contribution in [-0.4, -0.2) is 29.2 Å². The molecule has 1 aliphatic heterocycles. The van der Waals surface area contributed by atoms with Crippen LogP contribution < -0.4 is 5.32 Å². The second-order valence-electron chi connectivity index (χ2n) is 4.79. The lowest BCUT2D eigenvalue weighted by molar-refractivity contribution is -0.122. The van der Waals surface area contributed by atoms with E-state index in [9.17, 15) is 4.79 Å². The molecule has 2 aliphatic rings. The molecular weight excluding hydrogens is 226 g/mol. The standard InChI is InChI=1S/C11H19NOS2/c13-10(7-11(8-14)3-4-11)12-9-1-5-15-6-2-9/h9,14H,1-8H2,(H,12,13). The van der Waals surface area contributed by atoms with Gasteiger partial charge in [0.25, 0.3) is 0 Å². The van der Waals surface area contributed by atoms with Crippen LogP contribution in [-0.2, 0) is 4.79 Å². The van der Waals surface area contributed by atoms with E-state index in [1.807, 2.05) is 11.8 Å². The van der Waals surface area contributed by atoms with E-state index in [2.05, 4.69) is 17.9 Å². The van der Waals surface area contributed by atoms with E-state index in [4.69, 9.17) is 0 Å². The molecule has 0 aromatic rings. The maximum atomic E-state index is 11.8. The van der Waals surface area contributed by atoms with Gasteiger partial charge in [0.15, 0.2) is 0 Å². The average Bonchev–Trinajstić information content (AvgIpc) is 3.00. The molecule has 0 aromatic heterocycles. The molecule has 1 aliphatic carbocycles. The van der Waals surface area contributed by atoms with Gasteiger partial charge in [-0.3, -0.25) is 4.79 Å². The van der Waals surface area contributed by atoms with E-state index in [1.54, 1.807) is 0 Å². The van der Waals surface area contributed by atoms with Crippen LogP contribution in [0.2, 0.25) is 0 Å². The number of hydrogen-bond acceptors (Lipinski definition) is 3. The Kier molecular flexibility index (Phi) is 3.88. The monoisotopic (exact) mass is 245 g/mol. The highest BCUT2D eigenvalue weighted by Crippen LogP contribution is 2.49. The molecule has 0 unspecified atom stereocenters. The Bertz CT molecular complexity index is 235.